The van der Waals surface area contributed by atoms with Crippen molar-refractivity contribution in [2.24, 2.45) is 10.8 Å². The summed E-state index contributed by atoms with van der Waals surface area (Å²) < 4.78 is 0. The molecule has 2 heteroatoms. The Bertz CT molecular complexity index is 430. The van der Waals surface area contributed by atoms with Crippen molar-refractivity contribution in [2.45, 2.75) is 60.0 Å². The second-order valence-corrected chi connectivity index (χ2v) is 6.79. The number of rotatable bonds is 6. The summed E-state index contributed by atoms with van der Waals surface area (Å²) >= 11 is 0. The Labute approximate surface area is 123 Å². The van der Waals surface area contributed by atoms with E-state index in [9.17, 15) is 9.90 Å². The molecule has 0 radical (unpaired) electrons. The second kappa shape index (κ2) is 6.53. The van der Waals surface area contributed by atoms with Crippen LogP contribution in [-0.2, 0) is 4.79 Å². The molecule has 0 aromatic heterocycles. The van der Waals surface area contributed by atoms with Crippen molar-refractivity contribution >= 4 is 5.78 Å². The minimum atomic E-state index is -0.774. The lowest BCUT2D eigenvalue weighted by Crippen LogP contribution is -2.45. The predicted octanol–water partition coefficient (Wildman–Crippen LogP) is 4.53. The summed E-state index contributed by atoms with van der Waals surface area (Å²) in [7, 11) is 0. The first-order chi connectivity index (χ1) is 9.25. The number of aliphatic hydroxyl groups excluding tert-OH is 1. The average Bonchev–Trinajstić information content (AvgIpc) is 2.42. The van der Waals surface area contributed by atoms with E-state index in [1.807, 2.05) is 58.0 Å². The van der Waals surface area contributed by atoms with Crippen LogP contribution in [0.1, 0.15) is 65.5 Å². The standard InChI is InChI=1S/C18H28O2/c1-6-7-13-15(19)18(5,17(2,3)4)16(20)14-11-9-8-10-12-14/h8-12,16,20H,6-7,13H2,1-5H3. The lowest BCUT2D eigenvalue weighted by molar-refractivity contribution is -0.145. The molecule has 0 fully saturated rings. The van der Waals surface area contributed by atoms with Crippen molar-refractivity contribution in [3.05, 3.63) is 35.9 Å². The van der Waals surface area contributed by atoms with Crippen molar-refractivity contribution in [1.29, 1.82) is 0 Å². The van der Waals surface area contributed by atoms with Gasteiger partial charge in [-0.1, -0.05) is 64.4 Å². The largest absolute Gasteiger partial charge is 0.387 e. The van der Waals surface area contributed by atoms with Crippen LogP contribution in [0, 0.1) is 10.8 Å². The molecule has 0 spiro atoms. The lowest BCUT2D eigenvalue weighted by atomic mass is 9.60. The molecule has 0 amide bonds. The summed E-state index contributed by atoms with van der Waals surface area (Å²) in [5.41, 5.74) is -0.258. The van der Waals surface area contributed by atoms with Crippen LogP contribution in [0.5, 0.6) is 0 Å². The van der Waals surface area contributed by atoms with Gasteiger partial charge in [0.1, 0.15) is 5.78 Å². The van der Waals surface area contributed by atoms with Crippen LogP contribution in [-0.4, -0.2) is 10.9 Å². The van der Waals surface area contributed by atoms with E-state index in [1.165, 1.54) is 0 Å². The van der Waals surface area contributed by atoms with Crippen molar-refractivity contribution in [2.75, 3.05) is 0 Å². The van der Waals surface area contributed by atoms with Gasteiger partial charge in [-0.15, -0.1) is 0 Å². The van der Waals surface area contributed by atoms with E-state index in [0.29, 0.717) is 6.42 Å². The molecule has 0 aliphatic heterocycles. The van der Waals surface area contributed by atoms with Crippen molar-refractivity contribution in [1.82, 2.24) is 0 Å². The Kier molecular flexibility index (Phi) is 5.52. The SMILES string of the molecule is CCCCC(=O)C(C)(C(O)c1ccccc1)C(C)(C)C. The third-order valence-electron chi connectivity index (χ3n) is 4.56. The van der Waals surface area contributed by atoms with Crippen molar-refractivity contribution in [3.63, 3.8) is 0 Å². The van der Waals surface area contributed by atoms with Crippen LogP contribution in [0.2, 0.25) is 0 Å². The summed E-state index contributed by atoms with van der Waals surface area (Å²) in [4.78, 5) is 12.7. The Morgan fingerprint density at radius 2 is 1.70 bits per heavy atom. The highest BCUT2D eigenvalue weighted by molar-refractivity contribution is 5.86. The molecule has 112 valence electrons. The first kappa shape index (κ1) is 16.9. The van der Waals surface area contributed by atoms with E-state index >= 15 is 0 Å². The minimum Gasteiger partial charge on any atom is -0.387 e. The summed E-state index contributed by atoms with van der Waals surface area (Å²) in [6.07, 6.45) is 1.64. The van der Waals surface area contributed by atoms with E-state index in [0.717, 1.165) is 18.4 Å². The van der Waals surface area contributed by atoms with Crippen LogP contribution < -0.4 is 0 Å². The monoisotopic (exact) mass is 276 g/mol. The lowest BCUT2D eigenvalue weighted by Gasteiger charge is -2.44. The number of hydrogen-bond donors (Lipinski definition) is 1. The van der Waals surface area contributed by atoms with Gasteiger partial charge in [0.05, 0.1) is 11.5 Å². The summed E-state index contributed by atoms with van der Waals surface area (Å²) in [5.74, 6) is 0.156. The molecule has 0 saturated carbocycles. The van der Waals surface area contributed by atoms with Gasteiger partial charge in [0, 0.05) is 6.42 Å². The topological polar surface area (TPSA) is 37.3 Å². The molecular formula is C18H28O2. The molecule has 1 aromatic rings. The third kappa shape index (κ3) is 3.29. The number of carbonyl (C=O) groups is 1. The highest BCUT2D eigenvalue weighted by Gasteiger charge is 2.49. The van der Waals surface area contributed by atoms with Gasteiger partial charge in [0.25, 0.3) is 0 Å². The highest BCUT2D eigenvalue weighted by Crippen LogP contribution is 2.49. The molecule has 2 nitrogen and oxygen atoms in total. The van der Waals surface area contributed by atoms with Crippen LogP contribution in [0.3, 0.4) is 0 Å². The molecule has 0 aliphatic rings. The second-order valence-electron chi connectivity index (χ2n) is 6.79. The molecule has 1 N–H and O–H groups in total. The quantitative estimate of drug-likeness (QED) is 0.828. The first-order valence-electron chi connectivity index (χ1n) is 7.51. The van der Waals surface area contributed by atoms with Gasteiger partial charge in [0.2, 0.25) is 0 Å². The molecule has 0 heterocycles. The zero-order valence-corrected chi connectivity index (χ0v) is 13.4. The molecule has 2 unspecified atom stereocenters. The number of carbonyl (C=O) groups excluding carboxylic acids is 1. The third-order valence-corrected chi connectivity index (χ3v) is 4.56. The number of unbranched alkanes of at least 4 members (excludes halogenated alkanes) is 1. The maximum absolute atomic E-state index is 12.7. The number of benzene rings is 1. The van der Waals surface area contributed by atoms with E-state index < -0.39 is 11.5 Å². The Morgan fingerprint density at radius 3 is 2.15 bits per heavy atom. The van der Waals surface area contributed by atoms with E-state index in [4.69, 9.17) is 0 Å². The van der Waals surface area contributed by atoms with Gasteiger partial charge in [-0.3, -0.25) is 4.79 Å². The molecular weight excluding hydrogens is 248 g/mol. The maximum Gasteiger partial charge on any atom is 0.142 e. The van der Waals surface area contributed by atoms with E-state index in [1.54, 1.807) is 0 Å². The van der Waals surface area contributed by atoms with Gasteiger partial charge < -0.3 is 5.11 Å². The van der Waals surface area contributed by atoms with Crippen LogP contribution in [0.4, 0.5) is 0 Å². The van der Waals surface area contributed by atoms with Crippen LogP contribution in [0.15, 0.2) is 30.3 Å². The molecule has 0 aliphatic carbocycles. The molecule has 0 bridgehead atoms. The fourth-order valence-electron chi connectivity index (χ4n) is 2.55. The highest BCUT2D eigenvalue weighted by atomic mass is 16.3. The van der Waals surface area contributed by atoms with Crippen molar-refractivity contribution < 1.29 is 9.90 Å². The molecule has 1 rings (SSSR count). The average molecular weight is 276 g/mol. The summed E-state index contributed by atoms with van der Waals surface area (Å²) in [5, 5.41) is 10.8. The van der Waals surface area contributed by atoms with Crippen molar-refractivity contribution in [3.8, 4) is 0 Å². The fourth-order valence-corrected chi connectivity index (χ4v) is 2.55. The van der Waals surface area contributed by atoms with E-state index in [-0.39, 0.29) is 11.2 Å². The molecule has 0 saturated heterocycles. The number of hydrogen-bond acceptors (Lipinski definition) is 2. The zero-order chi connectivity index (χ0) is 15.4. The smallest absolute Gasteiger partial charge is 0.142 e. The van der Waals surface area contributed by atoms with Crippen LogP contribution >= 0.6 is 0 Å². The molecule has 2 atom stereocenters. The zero-order valence-electron chi connectivity index (χ0n) is 13.4. The normalized spacial score (nSPS) is 16.5. The molecule has 20 heavy (non-hydrogen) atoms. The van der Waals surface area contributed by atoms with E-state index in [2.05, 4.69) is 6.92 Å². The summed E-state index contributed by atoms with van der Waals surface area (Å²) in [6.45, 7) is 10.1. The Balaban J connectivity index is 3.15. The predicted molar refractivity (Wildman–Crippen MR) is 83.5 cm³/mol. The van der Waals surface area contributed by atoms with Gasteiger partial charge in [-0.25, -0.2) is 0 Å². The fraction of sp³-hybridized carbons (Fsp3) is 0.611. The number of aliphatic hydroxyl groups is 1. The Hall–Kier alpha value is -1.15. The number of Topliss-reactive ketones (excluding diaryl/α,β-unsaturated/α-hetero) is 1. The molecule has 1 aromatic carbocycles. The van der Waals surface area contributed by atoms with Crippen LogP contribution in [0.25, 0.3) is 0 Å². The summed E-state index contributed by atoms with van der Waals surface area (Å²) in [6, 6.07) is 9.50. The van der Waals surface area contributed by atoms with Gasteiger partial charge in [-0.05, 0) is 24.3 Å². The first-order valence-corrected chi connectivity index (χ1v) is 7.51. The van der Waals surface area contributed by atoms with Gasteiger partial charge in [-0.2, -0.15) is 0 Å². The maximum atomic E-state index is 12.7. The minimum absolute atomic E-state index is 0.156. The number of ketones is 1. The Morgan fingerprint density at radius 1 is 1.15 bits per heavy atom. The van der Waals surface area contributed by atoms with Gasteiger partial charge >= 0.3 is 0 Å². The van der Waals surface area contributed by atoms with Gasteiger partial charge in [0.15, 0.2) is 0 Å².